The molecule has 0 aromatic carbocycles. The first kappa shape index (κ1) is 8.11. The number of hydrogen-bond acceptors (Lipinski definition) is 3. The van der Waals surface area contributed by atoms with E-state index in [0.717, 1.165) is 23.0 Å². The van der Waals surface area contributed by atoms with E-state index in [1.807, 2.05) is 24.3 Å². The normalized spacial score (nSPS) is 14.4. The summed E-state index contributed by atoms with van der Waals surface area (Å²) in [5.41, 5.74) is 1.72. The van der Waals surface area contributed by atoms with Crippen LogP contribution in [-0.4, -0.2) is 9.78 Å². The van der Waals surface area contributed by atoms with Crippen molar-refractivity contribution >= 4 is 17.2 Å². The van der Waals surface area contributed by atoms with Crippen molar-refractivity contribution in [1.29, 1.82) is 0 Å². The molecule has 0 unspecified atom stereocenters. The van der Waals surface area contributed by atoms with E-state index in [0.29, 0.717) is 0 Å². The lowest BCUT2D eigenvalue weighted by molar-refractivity contribution is 0.553. The highest BCUT2D eigenvalue weighted by Gasteiger charge is 2.15. The van der Waals surface area contributed by atoms with E-state index in [9.17, 15) is 0 Å². The Hall–Kier alpha value is -2.23. The minimum Gasteiger partial charge on any atom is -0.463 e. The second-order valence-electron chi connectivity index (χ2n) is 3.28. The lowest BCUT2D eigenvalue weighted by Gasteiger charge is -2.17. The summed E-state index contributed by atoms with van der Waals surface area (Å²) >= 11 is 0. The molecule has 0 saturated heterocycles. The second-order valence-corrected chi connectivity index (χ2v) is 3.28. The number of rotatable bonds is 1. The number of nitrogens with one attached hydrogen (secondary N) is 1. The third-order valence-electron chi connectivity index (χ3n) is 2.28. The third-order valence-corrected chi connectivity index (χ3v) is 2.28. The van der Waals surface area contributed by atoms with Gasteiger partial charge in [0.1, 0.15) is 11.6 Å². The average molecular weight is 199 g/mol. The molecule has 1 aliphatic rings. The molecule has 3 heterocycles. The Bertz CT molecular complexity index is 534. The second kappa shape index (κ2) is 2.88. The van der Waals surface area contributed by atoms with Crippen LogP contribution in [0.2, 0.25) is 0 Å². The predicted molar refractivity (Wildman–Crippen MR) is 57.9 cm³/mol. The van der Waals surface area contributed by atoms with E-state index in [2.05, 4.69) is 17.0 Å². The highest BCUT2D eigenvalue weighted by Crippen LogP contribution is 2.27. The van der Waals surface area contributed by atoms with E-state index in [-0.39, 0.29) is 0 Å². The summed E-state index contributed by atoms with van der Waals surface area (Å²) in [7, 11) is 0. The van der Waals surface area contributed by atoms with E-state index in [4.69, 9.17) is 4.42 Å². The van der Waals surface area contributed by atoms with Crippen LogP contribution in [0.15, 0.2) is 47.7 Å². The largest absolute Gasteiger partial charge is 0.463 e. The summed E-state index contributed by atoms with van der Waals surface area (Å²) in [6, 6.07) is 5.64. The van der Waals surface area contributed by atoms with Crippen molar-refractivity contribution in [2.24, 2.45) is 0 Å². The Morgan fingerprint density at radius 2 is 2.33 bits per heavy atom. The first-order valence-electron chi connectivity index (χ1n) is 4.60. The van der Waals surface area contributed by atoms with Crippen LogP contribution in [0.4, 0.5) is 5.82 Å². The van der Waals surface area contributed by atoms with Gasteiger partial charge in [0.15, 0.2) is 0 Å². The Kier molecular flexibility index (Phi) is 1.56. The van der Waals surface area contributed by atoms with Crippen molar-refractivity contribution in [3.63, 3.8) is 0 Å². The first-order chi connectivity index (χ1) is 7.34. The minimum atomic E-state index is 0.795. The summed E-state index contributed by atoms with van der Waals surface area (Å²) in [5, 5.41) is 7.35. The number of nitrogens with zero attached hydrogens (tertiary/aromatic N) is 2. The predicted octanol–water partition coefficient (Wildman–Crippen LogP) is 2.41. The van der Waals surface area contributed by atoms with Crippen LogP contribution < -0.4 is 5.32 Å². The highest BCUT2D eigenvalue weighted by atomic mass is 16.3. The minimum absolute atomic E-state index is 0.795. The molecular formula is C11H9N3O. The fraction of sp³-hybridized carbons (Fsp3) is 0. The molecule has 2 aromatic rings. The van der Waals surface area contributed by atoms with E-state index >= 15 is 0 Å². The van der Waals surface area contributed by atoms with Gasteiger partial charge in [-0.05, 0) is 18.2 Å². The summed E-state index contributed by atoms with van der Waals surface area (Å²) in [5.74, 6) is 1.69. The third kappa shape index (κ3) is 1.19. The molecule has 0 bridgehead atoms. The average Bonchev–Trinajstić information content (AvgIpc) is 2.88. The Balaban J connectivity index is 2.06. The zero-order chi connectivity index (χ0) is 10.3. The van der Waals surface area contributed by atoms with Gasteiger partial charge >= 0.3 is 0 Å². The van der Waals surface area contributed by atoms with Gasteiger partial charge in [0.2, 0.25) is 0 Å². The molecule has 0 radical (unpaired) electrons. The maximum atomic E-state index is 5.31. The number of fused-ring (bicyclic) bond motifs is 1. The molecule has 4 nitrogen and oxygen atoms in total. The quantitative estimate of drug-likeness (QED) is 0.766. The molecule has 2 aromatic heterocycles. The van der Waals surface area contributed by atoms with Crippen molar-refractivity contribution < 1.29 is 4.42 Å². The topological polar surface area (TPSA) is 43.0 Å². The molecule has 74 valence electrons. The SMILES string of the molecule is C=C1C=C(c2ccco2)Nc2ccnn21. The standard InChI is InChI=1S/C11H9N3O/c1-8-7-9(10-3-2-6-15-10)13-11-4-5-12-14(8)11/h2-7,13H,1H2. The van der Waals surface area contributed by atoms with Gasteiger partial charge in [0.05, 0.1) is 23.9 Å². The van der Waals surface area contributed by atoms with Crippen molar-refractivity contribution in [1.82, 2.24) is 9.78 Å². The summed E-state index contributed by atoms with van der Waals surface area (Å²) in [6.45, 7) is 3.93. The van der Waals surface area contributed by atoms with Crippen molar-refractivity contribution in [2.75, 3.05) is 5.32 Å². The van der Waals surface area contributed by atoms with Crippen LogP contribution in [-0.2, 0) is 0 Å². The molecule has 0 saturated carbocycles. The van der Waals surface area contributed by atoms with Crippen molar-refractivity contribution in [3.8, 4) is 0 Å². The lowest BCUT2D eigenvalue weighted by Crippen LogP contribution is -2.11. The van der Waals surface area contributed by atoms with Crippen LogP contribution in [0, 0.1) is 0 Å². The van der Waals surface area contributed by atoms with E-state index < -0.39 is 0 Å². The molecule has 0 aliphatic carbocycles. The summed E-state index contributed by atoms with van der Waals surface area (Å²) < 4.78 is 7.05. The highest BCUT2D eigenvalue weighted by molar-refractivity contribution is 5.85. The van der Waals surface area contributed by atoms with Gasteiger partial charge in [-0.2, -0.15) is 5.10 Å². The molecular weight excluding hydrogens is 190 g/mol. The zero-order valence-electron chi connectivity index (χ0n) is 7.97. The van der Waals surface area contributed by atoms with Crippen LogP contribution in [0.25, 0.3) is 11.4 Å². The smallest absolute Gasteiger partial charge is 0.150 e. The number of allylic oxidation sites excluding steroid dienone is 2. The van der Waals surface area contributed by atoms with Crippen molar-refractivity contribution in [2.45, 2.75) is 0 Å². The molecule has 0 spiro atoms. The molecule has 1 N–H and O–H groups in total. The number of aromatic nitrogens is 2. The summed E-state index contributed by atoms with van der Waals surface area (Å²) in [4.78, 5) is 0. The molecule has 15 heavy (non-hydrogen) atoms. The van der Waals surface area contributed by atoms with Gasteiger partial charge in [-0.1, -0.05) is 6.58 Å². The fourth-order valence-corrected chi connectivity index (χ4v) is 1.59. The Morgan fingerprint density at radius 1 is 1.40 bits per heavy atom. The molecule has 0 fully saturated rings. The van der Waals surface area contributed by atoms with Gasteiger partial charge in [0, 0.05) is 6.07 Å². The Morgan fingerprint density at radius 3 is 3.13 bits per heavy atom. The molecule has 0 amide bonds. The van der Waals surface area contributed by atoms with Crippen LogP contribution in [0.3, 0.4) is 0 Å². The van der Waals surface area contributed by atoms with Crippen LogP contribution in [0.1, 0.15) is 5.76 Å². The fourth-order valence-electron chi connectivity index (χ4n) is 1.59. The maximum absolute atomic E-state index is 5.31. The van der Waals surface area contributed by atoms with Crippen molar-refractivity contribution in [3.05, 3.63) is 49.1 Å². The number of furan rings is 1. The van der Waals surface area contributed by atoms with Gasteiger partial charge in [-0.3, -0.25) is 0 Å². The van der Waals surface area contributed by atoms with Gasteiger partial charge in [-0.15, -0.1) is 0 Å². The van der Waals surface area contributed by atoms with E-state index in [1.165, 1.54) is 0 Å². The number of anilines is 1. The molecule has 1 aliphatic heterocycles. The molecule has 4 heteroatoms. The summed E-state index contributed by atoms with van der Waals surface area (Å²) in [6.07, 6.45) is 5.28. The monoisotopic (exact) mass is 199 g/mol. The maximum Gasteiger partial charge on any atom is 0.150 e. The number of hydrogen-bond donors (Lipinski definition) is 1. The van der Waals surface area contributed by atoms with Crippen LogP contribution >= 0.6 is 0 Å². The molecule has 0 atom stereocenters. The zero-order valence-corrected chi connectivity index (χ0v) is 7.97. The Labute approximate surface area is 86.5 Å². The molecule has 3 rings (SSSR count). The van der Waals surface area contributed by atoms with E-state index in [1.54, 1.807) is 17.1 Å². The lowest BCUT2D eigenvalue weighted by atomic mass is 10.2. The van der Waals surface area contributed by atoms with Gasteiger partial charge < -0.3 is 9.73 Å². The first-order valence-corrected chi connectivity index (χ1v) is 4.60. The van der Waals surface area contributed by atoms with Gasteiger partial charge in [-0.25, -0.2) is 4.68 Å². The van der Waals surface area contributed by atoms with Crippen LogP contribution in [0.5, 0.6) is 0 Å². The van der Waals surface area contributed by atoms with Gasteiger partial charge in [0.25, 0.3) is 0 Å².